The first kappa shape index (κ1) is 14.7. The van der Waals surface area contributed by atoms with Crippen molar-refractivity contribution in [3.63, 3.8) is 0 Å². The summed E-state index contributed by atoms with van der Waals surface area (Å²) >= 11 is 5.46. The van der Waals surface area contributed by atoms with E-state index in [4.69, 9.17) is 4.74 Å². The molecular weight excluding hydrogens is 314 g/mol. The fraction of sp³-hybridized carbons (Fsp3) is 0.923. The zero-order chi connectivity index (χ0) is 13.0. The molecule has 0 aliphatic carbocycles. The number of alkyl halides is 1. The van der Waals surface area contributed by atoms with Crippen molar-refractivity contribution in [2.24, 2.45) is 5.92 Å². The van der Waals surface area contributed by atoms with Crippen LogP contribution in [-0.4, -0.2) is 52.9 Å². The van der Waals surface area contributed by atoms with Gasteiger partial charge in [0.1, 0.15) is 0 Å². The molecule has 2 saturated heterocycles. The van der Waals surface area contributed by atoms with Gasteiger partial charge in [0.05, 0.1) is 12.2 Å². The van der Waals surface area contributed by atoms with Crippen molar-refractivity contribution < 1.29 is 9.53 Å². The predicted molar refractivity (Wildman–Crippen MR) is 79.4 cm³/mol. The van der Waals surface area contributed by atoms with Gasteiger partial charge >= 0.3 is 0 Å². The Morgan fingerprint density at radius 1 is 1.39 bits per heavy atom. The van der Waals surface area contributed by atoms with Crippen LogP contribution in [-0.2, 0) is 9.53 Å². The van der Waals surface area contributed by atoms with Gasteiger partial charge in [-0.1, -0.05) is 15.9 Å². The monoisotopic (exact) mass is 335 g/mol. The molecule has 2 atom stereocenters. The van der Waals surface area contributed by atoms with Gasteiger partial charge in [-0.05, 0) is 37.2 Å². The first-order valence-electron chi connectivity index (χ1n) is 6.76. The van der Waals surface area contributed by atoms with E-state index in [1.807, 2.05) is 23.6 Å². The van der Waals surface area contributed by atoms with Crippen LogP contribution in [0.15, 0.2) is 0 Å². The van der Waals surface area contributed by atoms with Gasteiger partial charge in [-0.15, -0.1) is 0 Å². The number of hydrogen-bond acceptors (Lipinski definition) is 3. The fourth-order valence-corrected chi connectivity index (χ4v) is 4.22. The van der Waals surface area contributed by atoms with Crippen molar-refractivity contribution in [2.45, 2.75) is 38.4 Å². The van der Waals surface area contributed by atoms with Gasteiger partial charge in [0.2, 0.25) is 5.91 Å². The van der Waals surface area contributed by atoms with Crippen molar-refractivity contribution in [1.29, 1.82) is 0 Å². The molecule has 2 aliphatic heterocycles. The number of hydrogen-bond donors (Lipinski definition) is 0. The lowest BCUT2D eigenvalue weighted by Gasteiger charge is -2.37. The maximum Gasteiger partial charge on any atom is 0.223 e. The number of rotatable bonds is 3. The second-order valence-electron chi connectivity index (χ2n) is 5.28. The number of nitrogens with zero attached hydrogens (tertiary/aromatic N) is 1. The molecule has 2 rings (SSSR count). The van der Waals surface area contributed by atoms with E-state index in [1.54, 1.807) is 0 Å². The second-order valence-corrected chi connectivity index (χ2v) is 7.15. The lowest BCUT2D eigenvalue weighted by Crippen LogP contribution is -2.50. The Balaban J connectivity index is 1.83. The molecule has 18 heavy (non-hydrogen) atoms. The highest BCUT2D eigenvalue weighted by Crippen LogP contribution is 2.26. The van der Waals surface area contributed by atoms with E-state index >= 15 is 0 Å². The summed E-state index contributed by atoms with van der Waals surface area (Å²) in [5.74, 6) is 3.38. The van der Waals surface area contributed by atoms with E-state index in [2.05, 4.69) is 15.9 Å². The Morgan fingerprint density at radius 2 is 2.11 bits per heavy atom. The Morgan fingerprint density at radius 3 is 2.78 bits per heavy atom. The van der Waals surface area contributed by atoms with Crippen LogP contribution < -0.4 is 0 Å². The third kappa shape index (κ3) is 4.14. The molecule has 0 aromatic rings. The molecule has 2 heterocycles. The summed E-state index contributed by atoms with van der Waals surface area (Å²) in [7, 11) is 0. The van der Waals surface area contributed by atoms with Crippen LogP contribution in [0.25, 0.3) is 0 Å². The van der Waals surface area contributed by atoms with Gasteiger partial charge in [0, 0.05) is 24.8 Å². The quantitative estimate of drug-likeness (QED) is 0.742. The molecule has 0 aromatic heterocycles. The summed E-state index contributed by atoms with van der Waals surface area (Å²) in [6.07, 6.45) is 3.46. The number of ether oxygens (including phenoxy) is 1. The number of carbonyl (C=O) groups excluding carboxylic acids is 1. The third-order valence-electron chi connectivity index (χ3n) is 3.66. The standard InChI is InChI=1S/C13H22BrNO2S/c1-10-8-15(9-12(7-14)17-10)13(16)6-11-2-4-18-5-3-11/h10-12H,2-9H2,1H3. The fourth-order valence-electron chi connectivity index (χ4n) is 2.66. The average Bonchev–Trinajstić information content (AvgIpc) is 2.39. The Kier molecular flexibility index (Phi) is 5.83. The van der Waals surface area contributed by atoms with Crippen molar-refractivity contribution in [3.8, 4) is 0 Å². The Bertz CT molecular complexity index is 284. The lowest BCUT2D eigenvalue weighted by atomic mass is 9.98. The van der Waals surface area contributed by atoms with E-state index in [-0.39, 0.29) is 12.2 Å². The van der Waals surface area contributed by atoms with Gasteiger partial charge in [-0.25, -0.2) is 0 Å². The molecule has 0 radical (unpaired) electrons. The Labute approximate surface area is 122 Å². The smallest absolute Gasteiger partial charge is 0.223 e. The number of carbonyl (C=O) groups is 1. The number of thioether (sulfide) groups is 1. The van der Waals surface area contributed by atoms with E-state index in [9.17, 15) is 4.79 Å². The van der Waals surface area contributed by atoms with Gasteiger partial charge < -0.3 is 9.64 Å². The van der Waals surface area contributed by atoms with Crippen LogP contribution >= 0.6 is 27.7 Å². The van der Waals surface area contributed by atoms with Crippen LogP contribution in [0.4, 0.5) is 0 Å². The van der Waals surface area contributed by atoms with E-state index in [1.165, 1.54) is 24.3 Å². The molecule has 0 aromatic carbocycles. The highest BCUT2D eigenvalue weighted by Gasteiger charge is 2.29. The minimum atomic E-state index is 0.152. The maximum absolute atomic E-state index is 12.3. The normalized spacial score (nSPS) is 30.4. The van der Waals surface area contributed by atoms with Crippen LogP contribution in [0.1, 0.15) is 26.2 Å². The first-order chi connectivity index (χ1) is 8.69. The number of amides is 1. The summed E-state index contributed by atoms with van der Waals surface area (Å²) < 4.78 is 5.76. The molecular formula is C13H22BrNO2S. The summed E-state index contributed by atoms with van der Waals surface area (Å²) in [5, 5.41) is 0.807. The minimum Gasteiger partial charge on any atom is -0.371 e. The summed E-state index contributed by atoms with van der Waals surface area (Å²) in [6, 6.07) is 0. The second kappa shape index (κ2) is 7.15. The zero-order valence-electron chi connectivity index (χ0n) is 10.9. The van der Waals surface area contributed by atoms with E-state index in [0.29, 0.717) is 11.8 Å². The van der Waals surface area contributed by atoms with Gasteiger partial charge in [-0.2, -0.15) is 11.8 Å². The largest absolute Gasteiger partial charge is 0.371 e. The summed E-state index contributed by atoms with van der Waals surface area (Å²) in [5.41, 5.74) is 0. The molecule has 0 spiro atoms. The van der Waals surface area contributed by atoms with Gasteiger partial charge in [0.15, 0.2) is 0 Å². The topological polar surface area (TPSA) is 29.5 Å². The minimum absolute atomic E-state index is 0.152. The van der Waals surface area contributed by atoms with Crippen LogP contribution in [0, 0.1) is 5.92 Å². The lowest BCUT2D eigenvalue weighted by molar-refractivity contribution is -0.143. The molecule has 3 nitrogen and oxygen atoms in total. The molecule has 0 bridgehead atoms. The third-order valence-corrected chi connectivity index (χ3v) is 5.43. The van der Waals surface area contributed by atoms with Crippen molar-refractivity contribution in [2.75, 3.05) is 29.9 Å². The van der Waals surface area contributed by atoms with Crippen molar-refractivity contribution in [3.05, 3.63) is 0 Å². The van der Waals surface area contributed by atoms with Crippen molar-refractivity contribution in [1.82, 2.24) is 4.90 Å². The molecule has 104 valence electrons. The predicted octanol–water partition coefficient (Wildman–Crippen LogP) is 2.53. The Hall–Kier alpha value is 0.260. The molecule has 1 amide bonds. The highest BCUT2D eigenvalue weighted by atomic mass is 79.9. The molecule has 0 N–H and O–H groups in total. The van der Waals surface area contributed by atoms with Crippen LogP contribution in [0.3, 0.4) is 0 Å². The van der Waals surface area contributed by atoms with E-state index in [0.717, 1.165) is 24.8 Å². The van der Waals surface area contributed by atoms with Gasteiger partial charge in [-0.3, -0.25) is 4.79 Å². The number of halogens is 1. The maximum atomic E-state index is 12.3. The molecule has 5 heteroatoms. The van der Waals surface area contributed by atoms with Gasteiger partial charge in [0.25, 0.3) is 0 Å². The molecule has 2 unspecified atom stereocenters. The highest BCUT2D eigenvalue weighted by molar-refractivity contribution is 9.09. The zero-order valence-corrected chi connectivity index (χ0v) is 13.3. The number of morpholine rings is 1. The SMILES string of the molecule is CC1CN(C(=O)CC2CCSCC2)CC(CBr)O1. The van der Waals surface area contributed by atoms with Crippen molar-refractivity contribution >= 4 is 33.6 Å². The molecule has 2 fully saturated rings. The molecule has 2 aliphatic rings. The first-order valence-corrected chi connectivity index (χ1v) is 9.03. The van der Waals surface area contributed by atoms with E-state index < -0.39 is 0 Å². The average molecular weight is 336 g/mol. The molecule has 0 saturated carbocycles. The van der Waals surface area contributed by atoms with Crippen LogP contribution in [0.2, 0.25) is 0 Å². The van der Waals surface area contributed by atoms with Crippen LogP contribution in [0.5, 0.6) is 0 Å². The summed E-state index contributed by atoms with van der Waals surface area (Å²) in [6.45, 7) is 3.55. The summed E-state index contributed by atoms with van der Waals surface area (Å²) in [4.78, 5) is 14.3.